The van der Waals surface area contributed by atoms with Crippen molar-refractivity contribution in [3.8, 4) is 0 Å². The second kappa shape index (κ2) is 9.26. The molecule has 0 aliphatic rings. The molecular formula is C19H19Cl3N2O2. The molecule has 0 aliphatic carbocycles. The Labute approximate surface area is 168 Å². The molecule has 7 heteroatoms. The number of nitrogens with zero attached hydrogens (tertiary/aromatic N) is 1. The maximum absolute atomic E-state index is 12.9. The molecule has 0 saturated carbocycles. The van der Waals surface area contributed by atoms with E-state index in [1.807, 2.05) is 12.1 Å². The van der Waals surface area contributed by atoms with Gasteiger partial charge < -0.3 is 10.2 Å². The first kappa shape index (κ1) is 20.6. The van der Waals surface area contributed by atoms with Crippen molar-refractivity contribution in [1.29, 1.82) is 0 Å². The molecule has 138 valence electrons. The summed E-state index contributed by atoms with van der Waals surface area (Å²) in [7, 11) is 1.54. The van der Waals surface area contributed by atoms with Crippen LogP contribution in [0.25, 0.3) is 0 Å². The fourth-order valence-corrected chi connectivity index (χ4v) is 3.11. The summed E-state index contributed by atoms with van der Waals surface area (Å²) in [6.45, 7) is 1.98. The number of rotatable bonds is 6. The van der Waals surface area contributed by atoms with E-state index in [0.29, 0.717) is 20.6 Å². The predicted molar refractivity (Wildman–Crippen MR) is 106 cm³/mol. The number of benzene rings is 2. The molecule has 0 heterocycles. The number of carbonyl (C=O) groups is 2. The average molecular weight is 414 g/mol. The third-order valence-electron chi connectivity index (χ3n) is 4.04. The van der Waals surface area contributed by atoms with Crippen LogP contribution in [0, 0.1) is 0 Å². The smallest absolute Gasteiger partial charge is 0.242 e. The van der Waals surface area contributed by atoms with Crippen LogP contribution in [0.4, 0.5) is 0 Å². The molecule has 0 spiro atoms. The van der Waals surface area contributed by atoms with Gasteiger partial charge in [0, 0.05) is 28.7 Å². The minimum Gasteiger partial charge on any atom is -0.357 e. The van der Waals surface area contributed by atoms with E-state index in [1.165, 1.54) is 4.90 Å². The van der Waals surface area contributed by atoms with Crippen molar-refractivity contribution in [3.63, 3.8) is 0 Å². The van der Waals surface area contributed by atoms with E-state index in [0.717, 1.165) is 5.56 Å². The van der Waals surface area contributed by atoms with Crippen LogP contribution in [0.5, 0.6) is 0 Å². The van der Waals surface area contributed by atoms with Gasteiger partial charge in [-0.3, -0.25) is 9.59 Å². The Morgan fingerprint density at radius 2 is 1.65 bits per heavy atom. The largest absolute Gasteiger partial charge is 0.357 e. The molecule has 0 bridgehead atoms. The average Bonchev–Trinajstić information content (AvgIpc) is 2.62. The van der Waals surface area contributed by atoms with Crippen molar-refractivity contribution < 1.29 is 9.59 Å². The lowest BCUT2D eigenvalue weighted by atomic mass is 10.1. The summed E-state index contributed by atoms with van der Waals surface area (Å²) < 4.78 is 0. The van der Waals surface area contributed by atoms with Crippen LogP contribution in [0.2, 0.25) is 15.1 Å². The Morgan fingerprint density at radius 1 is 1.04 bits per heavy atom. The molecular weight excluding hydrogens is 395 g/mol. The zero-order valence-electron chi connectivity index (χ0n) is 14.4. The van der Waals surface area contributed by atoms with E-state index in [9.17, 15) is 9.59 Å². The standard InChI is InChI=1S/C19H19Cl3N2O2/c1-12(19(26)23-2)24(11-13-3-6-15(20)7-4-13)18(25)9-14-5-8-16(21)10-17(14)22/h3-8,10,12H,9,11H2,1-2H3,(H,23,26)/t12-/m1/s1. The molecule has 2 aromatic rings. The van der Waals surface area contributed by atoms with Gasteiger partial charge in [-0.25, -0.2) is 0 Å². The van der Waals surface area contributed by atoms with Gasteiger partial charge in [0.05, 0.1) is 6.42 Å². The third-order valence-corrected chi connectivity index (χ3v) is 4.88. The fourth-order valence-electron chi connectivity index (χ4n) is 2.51. The SMILES string of the molecule is CNC(=O)[C@@H](C)N(Cc1ccc(Cl)cc1)C(=O)Cc1ccc(Cl)cc1Cl. The summed E-state index contributed by atoms with van der Waals surface area (Å²) >= 11 is 18.0. The van der Waals surface area contributed by atoms with Crippen LogP contribution in [0.3, 0.4) is 0 Å². The van der Waals surface area contributed by atoms with Crippen LogP contribution >= 0.6 is 34.8 Å². The van der Waals surface area contributed by atoms with Crippen LogP contribution < -0.4 is 5.32 Å². The van der Waals surface area contributed by atoms with Gasteiger partial charge in [-0.1, -0.05) is 53.0 Å². The highest BCUT2D eigenvalue weighted by molar-refractivity contribution is 6.35. The molecule has 2 amide bonds. The van der Waals surface area contributed by atoms with Crippen LogP contribution in [0.15, 0.2) is 42.5 Å². The summed E-state index contributed by atoms with van der Waals surface area (Å²) in [6.07, 6.45) is 0.0743. The summed E-state index contributed by atoms with van der Waals surface area (Å²) in [6, 6.07) is 11.5. The highest BCUT2D eigenvalue weighted by atomic mass is 35.5. The number of carbonyl (C=O) groups excluding carboxylic acids is 2. The molecule has 1 N–H and O–H groups in total. The van der Waals surface area contributed by atoms with Gasteiger partial charge in [0.2, 0.25) is 11.8 Å². The van der Waals surface area contributed by atoms with E-state index >= 15 is 0 Å². The molecule has 0 fully saturated rings. The molecule has 26 heavy (non-hydrogen) atoms. The molecule has 0 aromatic heterocycles. The summed E-state index contributed by atoms with van der Waals surface area (Å²) in [4.78, 5) is 26.5. The quantitative estimate of drug-likeness (QED) is 0.765. The van der Waals surface area contributed by atoms with Crippen LogP contribution in [0.1, 0.15) is 18.1 Å². The van der Waals surface area contributed by atoms with Gasteiger partial charge >= 0.3 is 0 Å². The van der Waals surface area contributed by atoms with Gasteiger partial charge in [-0.15, -0.1) is 0 Å². The molecule has 4 nitrogen and oxygen atoms in total. The Bertz CT molecular complexity index is 794. The van der Waals surface area contributed by atoms with Crippen molar-refractivity contribution >= 4 is 46.6 Å². The molecule has 2 aromatic carbocycles. The van der Waals surface area contributed by atoms with E-state index in [4.69, 9.17) is 34.8 Å². The molecule has 2 rings (SSSR count). The van der Waals surface area contributed by atoms with E-state index < -0.39 is 6.04 Å². The van der Waals surface area contributed by atoms with Crippen molar-refractivity contribution in [2.45, 2.75) is 25.9 Å². The van der Waals surface area contributed by atoms with Gasteiger partial charge in [-0.05, 0) is 42.3 Å². The Morgan fingerprint density at radius 3 is 2.23 bits per heavy atom. The van der Waals surface area contributed by atoms with Gasteiger partial charge in [0.15, 0.2) is 0 Å². The number of nitrogens with one attached hydrogen (secondary N) is 1. The highest BCUT2D eigenvalue weighted by Crippen LogP contribution is 2.23. The molecule has 0 saturated heterocycles. The minimum absolute atomic E-state index is 0.0743. The first-order valence-electron chi connectivity index (χ1n) is 8.01. The lowest BCUT2D eigenvalue weighted by Gasteiger charge is -2.28. The molecule has 0 radical (unpaired) electrons. The van der Waals surface area contributed by atoms with E-state index in [1.54, 1.807) is 44.3 Å². The van der Waals surface area contributed by atoms with Crippen LogP contribution in [-0.4, -0.2) is 29.8 Å². The Hall–Kier alpha value is -1.75. The second-order valence-corrected chi connectivity index (χ2v) is 7.13. The predicted octanol–water partition coefficient (Wildman–Crippen LogP) is 4.35. The number of hydrogen-bond donors (Lipinski definition) is 1. The van der Waals surface area contributed by atoms with Gasteiger partial charge in [0.25, 0.3) is 0 Å². The molecule has 0 aliphatic heterocycles. The van der Waals surface area contributed by atoms with Crippen LogP contribution in [-0.2, 0) is 22.6 Å². The van der Waals surface area contributed by atoms with Gasteiger partial charge in [0.1, 0.15) is 6.04 Å². The van der Waals surface area contributed by atoms with Crippen molar-refractivity contribution in [2.24, 2.45) is 0 Å². The summed E-state index contributed by atoms with van der Waals surface area (Å²) in [5, 5.41) is 4.11. The number of hydrogen-bond acceptors (Lipinski definition) is 2. The topological polar surface area (TPSA) is 49.4 Å². The monoisotopic (exact) mass is 412 g/mol. The number of amides is 2. The van der Waals surface area contributed by atoms with Gasteiger partial charge in [-0.2, -0.15) is 0 Å². The highest BCUT2D eigenvalue weighted by Gasteiger charge is 2.26. The van der Waals surface area contributed by atoms with Crippen molar-refractivity contribution in [1.82, 2.24) is 10.2 Å². The summed E-state index contributed by atoms with van der Waals surface area (Å²) in [5.41, 5.74) is 1.53. The second-order valence-electron chi connectivity index (χ2n) is 5.85. The maximum Gasteiger partial charge on any atom is 0.242 e. The third kappa shape index (κ3) is 5.37. The maximum atomic E-state index is 12.9. The lowest BCUT2D eigenvalue weighted by molar-refractivity contribution is -0.139. The van der Waals surface area contributed by atoms with E-state index in [-0.39, 0.29) is 24.8 Å². The first-order valence-corrected chi connectivity index (χ1v) is 9.14. The Kier molecular flexibility index (Phi) is 7.33. The number of halogens is 3. The first-order chi connectivity index (χ1) is 12.3. The zero-order chi connectivity index (χ0) is 19.3. The fraction of sp³-hybridized carbons (Fsp3) is 0.263. The molecule has 1 atom stereocenters. The number of likely N-dealkylation sites (N-methyl/N-ethyl adjacent to an activating group) is 1. The van der Waals surface area contributed by atoms with Crippen molar-refractivity contribution in [3.05, 3.63) is 68.7 Å². The lowest BCUT2D eigenvalue weighted by Crippen LogP contribution is -2.47. The Balaban J connectivity index is 2.25. The molecule has 0 unspecified atom stereocenters. The summed E-state index contributed by atoms with van der Waals surface area (Å²) in [5.74, 6) is -0.449. The normalized spacial score (nSPS) is 11.7. The minimum atomic E-state index is -0.630. The van der Waals surface area contributed by atoms with Crippen molar-refractivity contribution in [2.75, 3.05) is 7.05 Å². The van der Waals surface area contributed by atoms with E-state index in [2.05, 4.69) is 5.32 Å². The zero-order valence-corrected chi connectivity index (χ0v) is 16.7.